The van der Waals surface area contributed by atoms with E-state index in [1.807, 2.05) is 0 Å². The van der Waals surface area contributed by atoms with Gasteiger partial charge in [-0.3, -0.25) is 39.4 Å². The van der Waals surface area contributed by atoms with E-state index in [0.29, 0.717) is 5.57 Å². The number of nitro groups is 2. The summed E-state index contributed by atoms with van der Waals surface area (Å²) in [5.74, 6) is -8.00. The molecule has 7 rings (SSSR count). The summed E-state index contributed by atoms with van der Waals surface area (Å²) in [5.41, 5.74) is 0.165. The largest absolute Gasteiger partial charge is 0.507 e. The Morgan fingerprint density at radius 1 is 0.735 bits per heavy atom. The van der Waals surface area contributed by atoms with Crippen LogP contribution in [0.25, 0.3) is 0 Å². The molecule has 2 aliphatic heterocycles. The standard InChI is InChI=1S/C34H28N4O11/c1-48-20-13-25(39)30(26(14-20)49-2)28-21-9-10-22-27(33(42)35(31(22)40)16-5-3-7-18(11-16)37(44)45)23(21)15-24-29(28)34(43)36(32(24)41)17-6-4-8-19(12-17)38(46)47/h3-9,11-14,22-24,27-29,39H,10,15H2,1-2H3. The molecule has 0 bridgehead atoms. The summed E-state index contributed by atoms with van der Waals surface area (Å²) in [6.45, 7) is 0. The number of ether oxygens (including phenoxy) is 2. The lowest BCUT2D eigenvalue weighted by Gasteiger charge is -2.44. The Hall–Kier alpha value is -6.12. The Bertz CT molecular complexity index is 2030. The van der Waals surface area contributed by atoms with Gasteiger partial charge in [0.1, 0.15) is 17.2 Å². The van der Waals surface area contributed by atoms with Crippen molar-refractivity contribution in [1.82, 2.24) is 0 Å². The second-order valence-electron chi connectivity index (χ2n) is 12.4. The molecule has 0 spiro atoms. The number of non-ortho nitro benzene ring substituents is 2. The second-order valence-corrected chi connectivity index (χ2v) is 12.4. The highest BCUT2D eigenvalue weighted by Gasteiger charge is 2.63. The molecule has 250 valence electrons. The Kier molecular flexibility index (Phi) is 7.41. The maximum Gasteiger partial charge on any atom is 0.271 e. The van der Waals surface area contributed by atoms with E-state index in [1.54, 1.807) is 6.08 Å². The number of hydrogen-bond donors (Lipinski definition) is 1. The molecule has 15 nitrogen and oxygen atoms in total. The molecule has 3 fully saturated rings. The minimum atomic E-state index is -1.10. The van der Waals surface area contributed by atoms with Gasteiger partial charge in [0.15, 0.2) is 0 Å². The normalized spacial score (nSPS) is 25.8. The molecule has 2 heterocycles. The van der Waals surface area contributed by atoms with Crippen LogP contribution in [0.2, 0.25) is 0 Å². The lowest BCUT2D eigenvalue weighted by molar-refractivity contribution is -0.385. The van der Waals surface area contributed by atoms with Gasteiger partial charge in [-0.2, -0.15) is 0 Å². The maximum absolute atomic E-state index is 14.4. The van der Waals surface area contributed by atoms with Gasteiger partial charge in [0.25, 0.3) is 11.4 Å². The zero-order valence-corrected chi connectivity index (χ0v) is 26.0. The topological polar surface area (TPSA) is 200 Å². The molecule has 2 aliphatic carbocycles. The van der Waals surface area contributed by atoms with Crippen molar-refractivity contribution >= 4 is 46.4 Å². The van der Waals surface area contributed by atoms with Crippen LogP contribution in [0.15, 0.2) is 72.3 Å². The monoisotopic (exact) mass is 668 g/mol. The molecular weight excluding hydrogens is 640 g/mol. The third kappa shape index (κ3) is 4.71. The van der Waals surface area contributed by atoms with E-state index in [4.69, 9.17) is 9.47 Å². The van der Waals surface area contributed by atoms with E-state index in [0.717, 1.165) is 21.9 Å². The molecule has 4 aliphatic rings. The first-order valence-corrected chi connectivity index (χ1v) is 15.4. The Balaban J connectivity index is 1.37. The zero-order valence-electron chi connectivity index (χ0n) is 26.0. The van der Waals surface area contributed by atoms with Gasteiger partial charge >= 0.3 is 0 Å². The number of allylic oxidation sites excluding steroid dienone is 2. The summed E-state index contributed by atoms with van der Waals surface area (Å²) >= 11 is 0. The lowest BCUT2D eigenvalue weighted by Crippen LogP contribution is -2.43. The third-order valence-corrected chi connectivity index (χ3v) is 10.1. The zero-order chi connectivity index (χ0) is 34.9. The minimum Gasteiger partial charge on any atom is -0.507 e. The van der Waals surface area contributed by atoms with Crippen molar-refractivity contribution in [2.24, 2.45) is 29.6 Å². The van der Waals surface area contributed by atoms with Crippen LogP contribution in [0.1, 0.15) is 24.3 Å². The van der Waals surface area contributed by atoms with Crippen LogP contribution in [-0.4, -0.2) is 52.8 Å². The summed E-state index contributed by atoms with van der Waals surface area (Å²) < 4.78 is 11.0. The van der Waals surface area contributed by atoms with Crippen molar-refractivity contribution in [2.45, 2.75) is 18.8 Å². The Morgan fingerprint density at radius 2 is 1.31 bits per heavy atom. The van der Waals surface area contributed by atoms with Gasteiger partial charge in [-0.05, 0) is 30.9 Å². The fraction of sp³-hybridized carbons (Fsp3) is 0.294. The first kappa shape index (κ1) is 31.5. The Labute approximate surface area is 277 Å². The first-order chi connectivity index (χ1) is 23.5. The van der Waals surface area contributed by atoms with Crippen LogP contribution in [-0.2, 0) is 19.2 Å². The summed E-state index contributed by atoms with van der Waals surface area (Å²) in [6, 6.07) is 13.2. The van der Waals surface area contributed by atoms with Gasteiger partial charge in [0, 0.05) is 47.9 Å². The highest BCUT2D eigenvalue weighted by Crippen LogP contribution is 2.61. The van der Waals surface area contributed by atoms with Crippen molar-refractivity contribution in [3.63, 3.8) is 0 Å². The minimum absolute atomic E-state index is 0.00191. The number of fused-ring (bicyclic) bond motifs is 4. The number of phenolic OH excluding ortho intramolecular Hbond substituents is 1. The van der Waals surface area contributed by atoms with E-state index in [-0.39, 0.29) is 58.4 Å². The van der Waals surface area contributed by atoms with Crippen LogP contribution >= 0.6 is 0 Å². The quantitative estimate of drug-likeness (QED) is 0.163. The molecule has 0 aromatic heterocycles. The summed E-state index contributed by atoms with van der Waals surface area (Å²) in [7, 11) is 2.77. The number of nitro benzene ring substituents is 2. The van der Waals surface area contributed by atoms with E-state index in [9.17, 15) is 44.5 Å². The molecule has 3 aromatic carbocycles. The summed E-state index contributed by atoms with van der Waals surface area (Å²) in [4.78, 5) is 80.2. The molecule has 0 radical (unpaired) electrons. The molecule has 49 heavy (non-hydrogen) atoms. The molecule has 1 N–H and O–H groups in total. The number of imide groups is 2. The van der Waals surface area contributed by atoms with Crippen LogP contribution in [0, 0.1) is 49.8 Å². The highest BCUT2D eigenvalue weighted by molar-refractivity contribution is 6.24. The molecule has 6 unspecified atom stereocenters. The van der Waals surface area contributed by atoms with Crippen LogP contribution < -0.4 is 19.3 Å². The van der Waals surface area contributed by atoms with Crippen molar-refractivity contribution in [3.8, 4) is 17.2 Å². The molecule has 1 saturated carbocycles. The average Bonchev–Trinajstić information content (AvgIpc) is 3.50. The smallest absolute Gasteiger partial charge is 0.271 e. The highest BCUT2D eigenvalue weighted by atomic mass is 16.6. The molecule has 3 aromatic rings. The van der Waals surface area contributed by atoms with Gasteiger partial charge in [-0.25, -0.2) is 9.80 Å². The number of hydrogen-bond acceptors (Lipinski definition) is 11. The molecule has 15 heteroatoms. The average molecular weight is 669 g/mol. The number of phenols is 1. The van der Waals surface area contributed by atoms with Gasteiger partial charge in [0.05, 0.1) is 59.1 Å². The number of benzene rings is 3. The molecule has 4 amide bonds. The molecular formula is C34H28N4O11. The van der Waals surface area contributed by atoms with Gasteiger partial charge in [0.2, 0.25) is 23.6 Å². The predicted molar refractivity (Wildman–Crippen MR) is 170 cm³/mol. The van der Waals surface area contributed by atoms with E-state index in [1.165, 1.54) is 62.8 Å². The molecule has 6 atom stereocenters. The van der Waals surface area contributed by atoms with Crippen LogP contribution in [0.5, 0.6) is 17.2 Å². The number of carbonyl (C=O) groups excluding carboxylic acids is 4. The van der Waals surface area contributed by atoms with Crippen LogP contribution in [0.4, 0.5) is 22.7 Å². The lowest BCUT2D eigenvalue weighted by atomic mass is 9.57. The van der Waals surface area contributed by atoms with Gasteiger partial charge in [-0.15, -0.1) is 0 Å². The van der Waals surface area contributed by atoms with E-state index >= 15 is 0 Å². The number of amides is 4. The van der Waals surface area contributed by atoms with E-state index in [2.05, 4.69) is 0 Å². The summed E-state index contributed by atoms with van der Waals surface area (Å²) in [5, 5.41) is 34.4. The van der Waals surface area contributed by atoms with Gasteiger partial charge in [-0.1, -0.05) is 23.8 Å². The predicted octanol–water partition coefficient (Wildman–Crippen LogP) is 4.27. The van der Waals surface area contributed by atoms with E-state index < -0.39 is 69.0 Å². The number of carbonyl (C=O) groups is 4. The summed E-state index contributed by atoms with van der Waals surface area (Å²) in [6.07, 6.45) is 1.85. The fourth-order valence-corrected chi connectivity index (χ4v) is 8.10. The number of aromatic hydroxyl groups is 1. The second kappa shape index (κ2) is 11.5. The van der Waals surface area contributed by atoms with Crippen LogP contribution in [0.3, 0.4) is 0 Å². The number of methoxy groups -OCH3 is 2. The van der Waals surface area contributed by atoms with Crippen molar-refractivity contribution < 1.29 is 43.6 Å². The fourth-order valence-electron chi connectivity index (χ4n) is 8.10. The van der Waals surface area contributed by atoms with Crippen molar-refractivity contribution in [2.75, 3.05) is 24.0 Å². The third-order valence-electron chi connectivity index (χ3n) is 10.1. The SMILES string of the molecule is COc1cc(O)c(C2C3=CCC4C(=O)N(c5cccc([N+](=O)[O-])c5)C(=O)C4C3CC3C(=O)N(c4cccc([N+](=O)[O-])c4)C(=O)C32)c(OC)c1. The number of anilines is 2. The first-order valence-electron chi connectivity index (χ1n) is 15.4. The molecule has 2 saturated heterocycles. The van der Waals surface area contributed by atoms with Gasteiger partial charge < -0.3 is 14.6 Å². The van der Waals surface area contributed by atoms with Crippen molar-refractivity contribution in [3.05, 3.63) is 98.1 Å². The number of rotatable bonds is 7. The Morgan fingerprint density at radius 3 is 1.86 bits per heavy atom. The van der Waals surface area contributed by atoms with Crippen molar-refractivity contribution in [1.29, 1.82) is 0 Å². The maximum atomic E-state index is 14.4. The number of nitrogens with zero attached hydrogens (tertiary/aromatic N) is 4.